The van der Waals surface area contributed by atoms with Crippen molar-refractivity contribution in [3.63, 3.8) is 0 Å². The predicted octanol–water partition coefficient (Wildman–Crippen LogP) is 5.24. The molecule has 3 aromatic rings. The van der Waals surface area contributed by atoms with Gasteiger partial charge in [0.25, 0.3) is 0 Å². The molecular formula is C25H34N4OS. The van der Waals surface area contributed by atoms with Crippen LogP contribution >= 0.6 is 11.3 Å². The number of nitrogens with zero attached hydrogens (tertiary/aromatic N) is 3. The largest absolute Gasteiger partial charge is 0.361 e. The highest BCUT2D eigenvalue weighted by molar-refractivity contribution is 7.17. The summed E-state index contributed by atoms with van der Waals surface area (Å²) < 4.78 is 0. The number of aromatic amines is 1. The lowest BCUT2D eigenvalue weighted by Gasteiger charge is -2.32. The third-order valence-corrected chi connectivity index (χ3v) is 7.45. The molecule has 0 bridgehead atoms. The van der Waals surface area contributed by atoms with Gasteiger partial charge in [0, 0.05) is 49.7 Å². The molecule has 1 aromatic carbocycles. The van der Waals surface area contributed by atoms with Gasteiger partial charge in [-0.05, 0) is 43.4 Å². The molecule has 1 aliphatic rings. The summed E-state index contributed by atoms with van der Waals surface area (Å²) in [6.07, 6.45) is 7.67. The molecule has 1 aliphatic heterocycles. The number of H-pyrrole nitrogens is 1. The van der Waals surface area contributed by atoms with Crippen molar-refractivity contribution < 1.29 is 4.79 Å². The number of hydrogen-bond donors (Lipinski definition) is 1. The monoisotopic (exact) mass is 438 g/mol. The van der Waals surface area contributed by atoms with Crippen LogP contribution in [0.4, 0.5) is 5.13 Å². The molecule has 0 radical (unpaired) electrons. The molecule has 3 heterocycles. The molecule has 0 saturated carbocycles. The van der Waals surface area contributed by atoms with Crippen molar-refractivity contribution in [1.29, 1.82) is 0 Å². The zero-order chi connectivity index (χ0) is 21.8. The Kier molecular flexibility index (Phi) is 7.08. The molecule has 0 spiro atoms. The van der Waals surface area contributed by atoms with E-state index in [2.05, 4.69) is 71.1 Å². The summed E-state index contributed by atoms with van der Waals surface area (Å²) in [6, 6.07) is 8.44. The molecule has 0 aliphatic carbocycles. The number of thiazole rings is 1. The number of carbonyl (C=O) groups excluding carboxylic acids is 1. The fourth-order valence-electron chi connectivity index (χ4n) is 4.36. The first-order valence-corrected chi connectivity index (χ1v) is 12.3. The van der Waals surface area contributed by atoms with Gasteiger partial charge in [-0.3, -0.25) is 4.79 Å². The maximum atomic E-state index is 13.2. The summed E-state index contributed by atoms with van der Waals surface area (Å²) in [5.74, 6) is 1.24. The minimum absolute atomic E-state index is 0.242. The standard InChI is InChI=1S/C25H34N4OS/c1-18(2)8-9-19(14-20-16-26-22-7-5-4-6-21(20)22)15-23(30)24-17-27-25(31-24)29-12-10-28(3)11-13-29/h4-7,16-19,26H,8-15H2,1-3H3. The van der Waals surface area contributed by atoms with Crippen LogP contribution in [0, 0.1) is 11.8 Å². The zero-order valence-corrected chi connectivity index (χ0v) is 19.8. The number of nitrogens with one attached hydrogen (secondary N) is 1. The molecule has 166 valence electrons. The lowest BCUT2D eigenvalue weighted by Crippen LogP contribution is -2.44. The Morgan fingerprint density at radius 3 is 2.71 bits per heavy atom. The number of piperazine rings is 1. The summed E-state index contributed by atoms with van der Waals surface area (Å²) in [6.45, 7) is 8.58. The molecule has 1 saturated heterocycles. The van der Waals surface area contributed by atoms with Crippen molar-refractivity contribution in [2.24, 2.45) is 11.8 Å². The van der Waals surface area contributed by atoms with E-state index in [4.69, 9.17) is 0 Å². The lowest BCUT2D eigenvalue weighted by atomic mass is 9.88. The van der Waals surface area contributed by atoms with Crippen molar-refractivity contribution in [2.45, 2.75) is 39.5 Å². The van der Waals surface area contributed by atoms with Gasteiger partial charge < -0.3 is 14.8 Å². The minimum Gasteiger partial charge on any atom is -0.361 e. The van der Waals surface area contributed by atoms with E-state index >= 15 is 0 Å². The van der Waals surface area contributed by atoms with Crippen LogP contribution in [0.15, 0.2) is 36.7 Å². The van der Waals surface area contributed by atoms with E-state index in [0.717, 1.165) is 55.5 Å². The highest BCUT2D eigenvalue weighted by atomic mass is 32.1. The first-order valence-electron chi connectivity index (χ1n) is 11.5. The average molecular weight is 439 g/mol. The van der Waals surface area contributed by atoms with E-state index in [1.807, 2.05) is 0 Å². The number of Topliss-reactive ketones (excluding diaryl/α,β-unsaturated/α-hetero) is 1. The third kappa shape index (κ3) is 5.55. The average Bonchev–Trinajstić information content (AvgIpc) is 3.40. The number of rotatable bonds is 9. The molecule has 1 atom stereocenters. The van der Waals surface area contributed by atoms with Crippen molar-refractivity contribution in [2.75, 3.05) is 38.1 Å². The Morgan fingerprint density at radius 2 is 1.94 bits per heavy atom. The topological polar surface area (TPSA) is 52.2 Å². The van der Waals surface area contributed by atoms with E-state index in [0.29, 0.717) is 18.3 Å². The Balaban J connectivity index is 1.44. The fourth-order valence-corrected chi connectivity index (χ4v) is 5.27. The summed E-state index contributed by atoms with van der Waals surface area (Å²) >= 11 is 1.57. The van der Waals surface area contributed by atoms with Crippen LogP contribution in [0.3, 0.4) is 0 Å². The second kappa shape index (κ2) is 9.96. The van der Waals surface area contributed by atoms with Crippen LogP contribution in [0.2, 0.25) is 0 Å². The number of para-hydroxylation sites is 1. The van der Waals surface area contributed by atoms with E-state index in [1.54, 1.807) is 17.5 Å². The number of carbonyl (C=O) groups is 1. The molecule has 1 N–H and O–H groups in total. The van der Waals surface area contributed by atoms with Gasteiger partial charge in [-0.15, -0.1) is 0 Å². The van der Waals surface area contributed by atoms with Gasteiger partial charge in [0.2, 0.25) is 0 Å². The van der Waals surface area contributed by atoms with Crippen LogP contribution in [0.25, 0.3) is 10.9 Å². The van der Waals surface area contributed by atoms with Gasteiger partial charge in [0.15, 0.2) is 10.9 Å². The molecular weight excluding hydrogens is 404 g/mol. The molecule has 1 unspecified atom stereocenters. The SMILES string of the molecule is CC(C)CCC(CC(=O)c1cnc(N2CCN(C)CC2)s1)Cc1c[nH]c2ccccc12. The summed E-state index contributed by atoms with van der Waals surface area (Å²) in [5.41, 5.74) is 2.49. The minimum atomic E-state index is 0.242. The second-order valence-electron chi connectivity index (χ2n) is 9.33. The maximum Gasteiger partial charge on any atom is 0.186 e. The highest BCUT2D eigenvalue weighted by Gasteiger charge is 2.22. The van der Waals surface area contributed by atoms with E-state index in [1.165, 1.54) is 16.5 Å². The van der Waals surface area contributed by atoms with Gasteiger partial charge in [-0.2, -0.15) is 0 Å². The van der Waals surface area contributed by atoms with Crippen LogP contribution in [0.5, 0.6) is 0 Å². The van der Waals surface area contributed by atoms with Crippen LogP contribution in [-0.4, -0.2) is 53.9 Å². The van der Waals surface area contributed by atoms with Crippen molar-refractivity contribution in [1.82, 2.24) is 14.9 Å². The summed E-state index contributed by atoms with van der Waals surface area (Å²) in [4.78, 5) is 26.6. The molecule has 0 amide bonds. The van der Waals surface area contributed by atoms with E-state index in [9.17, 15) is 4.79 Å². The Bertz CT molecular complexity index is 1000. The molecule has 31 heavy (non-hydrogen) atoms. The molecule has 4 rings (SSSR count). The number of likely N-dealkylation sites (N-methyl/N-ethyl adjacent to an activating group) is 1. The highest BCUT2D eigenvalue weighted by Crippen LogP contribution is 2.29. The molecule has 1 fully saturated rings. The number of hydrogen-bond acceptors (Lipinski definition) is 5. The second-order valence-corrected chi connectivity index (χ2v) is 10.3. The fraction of sp³-hybridized carbons (Fsp3) is 0.520. The first kappa shape index (κ1) is 22.0. The normalized spacial score (nSPS) is 16.3. The molecule has 2 aromatic heterocycles. The number of fused-ring (bicyclic) bond motifs is 1. The van der Waals surface area contributed by atoms with E-state index < -0.39 is 0 Å². The summed E-state index contributed by atoms with van der Waals surface area (Å²) in [7, 11) is 2.15. The predicted molar refractivity (Wildman–Crippen MR) is 130 cm³/mol. The van der Waals surface area contributed by atoms with Gasteiger partial charge in [-0.25, -0.2) is 4.98 Å². The van der Waals surface area contributed by atoms with Crippen LogP contribution in [0.1, 0.15) is 48.3 Å². The van der Waals surface area contributed by atoms with Crippen molar-refractivity contribution in [3.8, 4) is 0 Å². The van der Waals surface area contributed by atoms with Crippen LogP contribution < -0.4 is 4.90 Å². The van der Waals surface area contributed by atoms with Gasteiger partial charge in [0.05, 0.1) is 11.1 Å². The van der Waals surface area contributed by atoms with Crippen molar-refractivity contribution >= 4 is 33.2 Å². The first-order chi connectivity index (χ1) is 15.0. The Morgan fingerprint density at radius 1 is 1.16 bits per heavy atom. The van der Waals surface area contributed by atoms with Gasteiger partial charge in [-0.1, -0.05) is 49.8 Å². The summed E-state index contributed by atoms with van der Waals surface area (Å²) in [5, 5.41) is 2.27. The quantitative estimate of drug-likeness (QED) is 0.464. The van der Waals surface area contributed by atoms with Crippen molar-refractivity contribution in [3.05, 3.63) is 47.1 Å². The molecule has 6 heteroatoms. The number of benzene rings is 1. The zero-order valence-electron chi connectivity index (χ0n) is 18.9. The number of aromatic nitrogens is 2. The Labute approximate surface area is 189 Å². The lowest BCUT2D eigenvalue weighted by molar-refractivity contribution is 0.0961. The number of anilines is 1. The van der Waals surface area contributed by atoms with Gasteiger partial charge >= 0.3 is 0 Å². The smallest absolute Gasteiger partial charge is 0.186 e. The number of ketones is 1. The maximum absolute atomic E-state index is 13.2. The van der Waals surface area contributed by atoms with Gasteiger partial charge in [0.1, 0.15) is 0 Å². The Hall–Kier alpha value is -2.18. The molecule has 5 nitrogen and oxygen atoms in total. The third-order valence-electron chi connectivity index (χ3n) is 6.35. The van der Waals surface area contributed by atoms with E-state index in [-0.39, 0.29) is 5.78 Å². The van der Waals surface area contributed by atoms with Crippen LogP contribution in [-0.2, 0) is 6.42 Å².